The molecule has 2 aromatic rings. The summed E-state index contributed by atoms with van der Waals surface area (Å²) in [6.07, 6.45) is 0. The van der Waals surface area contributed by atoms with Crippen molar-refractivity contribution in [2.45, 2.75) is 6.04 Å². The molecule has 0 bridgehead atoms. The molecule has 0 aliphatic carbocycles. The van der Waals surface area contributed by atoms with E-state index in [4.69, 9.17) is 11.5 Å². The van der Waals surface area contributed by atoms with Crippen molar-refractivity contribution in [1.29, 1.82) is 0 Å². The zero-order chi connectivity index (χ0) is 11.5. The summed E-state index contributed by atoms with van der Waals surface area (Å²) in [6, 6.07) is 7.43. The van der Waals surface area contributed by atoms with Gasteiger partial charge in [-0.3, -0.25) is 4.79 Å². The molecule has 1 unspecified atom stereocenters. The van der Waals surface area contributed by atoms with E-state index in [2.05, 4.69) is 11.4 Å². The molecule has 4 nitrogen and oxygen atoms in total. The number of primary amides is 1. The number of carbonyl (C=O) groups excluding carboxylic acids is 1. The van der Waals surface area contributed by atoms with E-state index in [1.54, 1.807) is 11.3 Å². The number of benzene rings is 1. The number of fused-ring (bicyclic) bond motifs is 1. The number of anilines is 1. The molecular weight excluding hydrogens is 222 g/mol. The summed E-state index contributed by atoms with van der Waals surface area (Å²) in [4.78, 5) is 10.8. The molecule has 0 aliphatic rings. The highest BCUT2D eigenvalue weighted by atomic mass is 32.1. The minimum Gasteiger partial charge on any atom is -0.383 e. The van der Waals surface area contributed by atoms with E-state index >= 15 is 0 Å². The zero-order valence-corrected chi connectivity index (χ0v) is 9.46. The highest BCUT2D eigenvalue weighted by Crippen LogP contribution is 2.23. The molecule has 1 heterocycles. The third kappa shape index (κ3) is 2.32. The van der Waals surface area contributed by atoms with Gasteiger partial charge >= 0.3 is 0 Å². The minimum atomic E-state index is -0.654. The molecule has 1 atom stereocenters. The van der Waals surface area contributed by atoms with Crippen LogP contribution in [0, 0.1) is 0 Å². The number of rotatable bonds is 4. The van der Waals surface area contributed by atoms with Crippen LogP contribution in [0.25, 0.3) is 10.1 Å². The van der Waals surface area contributed by atoms with Gasteiger partial charge in [0, 0.05) is 16.9 Å². The summed E-state index contributed by atoms with van der Waals surface area (Å²) in [5.74, 6) is -0.496. The van der Waals surface area contributed by atoms with Gasteiger partial charge in [-0.1, -0.05) is 0 Å². The number of nitrogens with one attached hydrogen (secondary N) is 1. The SMILES string of the molecule is NC(=O)C(N)CNc1ccc2sccc2c1. The van der Waals surface area contributed by atoms with Gasteiger partial charge in [-0.05, 0) is 35.0 Å². The van der Waals surface area contributed by atoms with E-state index in [0.717, 1.165) is 5.69 Å². The second kappa shape index (κ2) is 4.51. The first-order valence-electron chi connectivity index (χ1n) is 4.93. The van der Waals surface area contributed by atoms with Crippen molar-refractivity contribution in [3.05, 3.63) is 29.6 Å². The topological polar surface area (TPSA) is 81.1 Å². The lowest BCUT2D eigenvalue weighted by atomic mass is 10.2. The summed E-state index contributed by atoms with van der Waals surface area (Å²) in [6.45, 7) is 0.352. The summed E-state index contributed by atoms with van der Waals surface area (Å²) in [7, 11) is 0. The first kappa shape index (κ1) is 10.9. The van der Waals surface area contributed by atoms with Crippen molar-refractivity contribution in [2.24, 2.45) is 11.5 Å². The van der Waals surface area contributed by atoms with Crippen molar-refractivity contribution < 1.29 is 4.79 Å². The van der Waals surface area contributed by atoms with Crippen LogP contribution < -0.4 is 16.8 Å². The average molecular weight is 235 g/mol. The minimum absolute atomic E-state index is 0.352. The Bertz CT molecular complexity index is 509. The number of carbonyl (C=O) groups is 1. The summed E-state index contributed by atoms with van der Waals surface area (Å²) in [5.41, 5.74) is 11.5. The smallest absolute Gasteiger partial charge is 0.236 e. The lowest BCUT2D eigenvalue weighted by Gasteiger charge is -2.10. The molecule has 5 N–H and O–H groups in total. The molecule has 5 heteroatoms. The Morgan fingerprint density at radius 3 is 3.00 bits per heavy atom. The number of thiophene rings is 1. The van der Waals surface area contributed by atoms with Crippen LogP contribution in [0.1, 0.15) is 0 Å². The van der Waals surface area contributed by atoms with Crippen LogP contribution in [-0.2, 0) is 4.79 Å². The van der Waals surface area contributed by atoms with Crippen LogP contribution in [0.15, 0.2) is 29.6 Å². The van der Waals surface area contributed by atoms with E-state index in [1.807, 2.05) is 23.6 Å². The predicted molar refractivity (Wildman–Crippen MR) is 67.5 cm³/mol. The quantitative estimate of drug-likeness (QED) is 0.743. The molecule has 1 amide bonds. The molecule has 0 saturated heterocycles. The molecule has 2 rings (SSSR count). The van der Waals surface area contributed by atoms with Gasteiger partial charge in [0.05, 0.1) is 0 Å². The Labute approximate surface area is 97.2 Å². The van der Waals surface area contributed by atoms with Crippen molar-refractivity contribution in [3.8, 4) is 0 Å². The van der Waals surface area contributed by atoms with Crippen molar-refractivity contribution in [1.82, 2.24) is 0 Å². The van der Waals surface area contributed by atoms with Crippen LogP contribution in [0.5, 0.6) is 0 Å². The van der Waals surface area contributed by atoms with Gasteiger partial charge in [-0.25, -0.2) is 0 Å². The highest BCUT2D eigenvalue weighted by Gasteiger charge is 2.08. The molecule has 1 aromatic heterocycles. The van der Waals surface area contributed by atoms with Gasteiger partial charge in [0.2, 0.25) is 5.91 Å². The highest BCUT2D eigenvalue weighted by molar-refractivity contribution is 7.17. The Balaban J connectivity index is 2.06. The normalized spacial score (nSPS) is 12.6. The fraction of sp³-hybridized carbons (Fsp3) is 0.182. The van der Waals surface area contributed by atoms with Gasteiger partial charge in [0.25, 0.3) is 0 Å². The molecule has 84 valence electrons. The maximum atomic E-state index is 10.8. The fourth-order valence-corrected chi connectivity index (χ4v) is 2.18. The van der Waals surface area contributed by atoms with E-state index < -0.39 is 11.9 Å². The number of amides is 1. The van der Waals surface area contributed by atoms with Crippen LogP contribution >= 0.6 is 11.3 Å². The number of hydrogen-bond donors (Lipinski definition) is 3. The van der Waals surface area contributed by atoms with Gasteiger partial charge in [0.1, 0.15) is 6.04 Å². The molecule has 0 spiro atoms. The van der Waals surface area contributed by atoms with Gasteiger partial charge in [-0.2, -0.15) is 0 Å². The Morgan fingerprint density at radius 1 is 1.44 bits per heavy atom. The van der Waals surface area contributed by atoms with E-state index in [1.165, 1.54) is 10.1 Å². The summed E-state index contributed by atoms with van der Waals surface area (Å²) >= 11 is 1.70. The first-order valence-corrected chi connectivity index (χ1v) is 5.81. The summed E-state index contributed by atoms with van der Waals surface area (Å²) in [5, 5.41) is 6.31. The molecule has 16 heavy (non-hydrogen) atoms. The van der Waals surface area contributed by atoms with Crippen molar-refractivity contribution in [3.63, 3.8) is 0 Å². The first-order chi connectivity index (χ1) is 7.66. The molecule has 0 aliphatic heterocycles. The second-order valence-corrected chi connectivity index (χ2v) is 4.51. The Hall–Kier alpha value is -1.59. The lowest BCUT2D eigenvalue weighted by molar-refractivity contribution is -0.118. The summed E-state index contributed by atoms with van der Waals surface area (Å²) < 4.78 is 1.24. The largest absolute Gasteiger partial charge is 0.383 e. The third-order valence-electron chi connectivity index (χ3n) is 2.34. The van der Waals surface area contributed by atoms with Gasteiger partial charge in [-0.15, -0.1) is 11.3 Å². The number of nitrogens with two attached hydrogens (primary N) is 2. The zero-order valence-electron chi connectivity index (χ0n) is 8.64. The van der Waals surface area contributed by atoms with Crippen LogP contribution in [-0.4, -0.2) is 18.5 Å². The maximum absolute atomic E-state index is 10.8. The van der Waals surface area contributed by atoms with Crippen LogP contribution in [0.2, 0.25) is 0 Å². The van der Waals surface area contributed by atoms with Gasteiger partial charge < -0.3 is 16.8 Å². The predicted octanol–water partition coefficient (Wildman–Crippen LogP) is 1.13. The maximum Gasteiger partial charge on any atom is 0.236 e. The third-order valence-corrected chi connectivity index (χ3v) is 3.24. The number of hydrogen-bond acceptors (Lipinski definition) is 4. The van der Waals surface area contributed by atoms with E-state index in [0.29, 0.717) is 6.54 Å². The molecule has 0 saturated carbocycles. The Morgan fingerprint density at radius 2 is 2.25 bits per heavy atom. The molecule has 0 radical (unpaired) electrons. The average Bonchev–Trinajstić information content (AvgIpc) is 2.72. The van der Waals surface area contributed by atoms with Crippen molar-refractivity contribution >= 4 is 33.0 Å². The molecule has 0 fully saturated rings. The van der Waals surface area contributed by atoms with Crippen LogP contribution in [0.4, 0.5) is 5.69 Å². The fourth-order valence-electron chi connectivity index (χ4n) is 1.41. The van der Waals surface area contributed by atoms with E-state index in [-0.39, 0.29) is 0 Å². The Kier molecular flexibility index (Phi) is 3.07. The monoisotopic (exact) mass is 235 g/mol. The lowest BCUT2D eigenvalue weighted by Crippen LogP contribution is -2.41. The second-order valence-electron chi connectivity index (χ2n) is 3.56. The molecular formula is C11H13N3OS. The van der Waals surface area contributed by atoms with Crippen molar-refractivity contribution in [2.75, 3.05) is 11.9 Å². The van der Waals surface area contributed by atoms with Crippen LogP contribution in [0.3, 0.4) is 0 Å². The van der Waals surface area contributed by atoms with E-state index in [9.17, 15) is 4.79 Å². The standard InChI is InChI=1S/C11H13N3OS/c12-9(11(13)15)6-14-8-1-2-10-7(5-8)3-4-16-10/h1-5,9,14H,6,12H2,(H2,13,15). The molecule has 1 aromatic carbocycles. The van der Waals surface area contributed by atoms with Gasteiger partial charge in [0.15, 0.2) is 0 Å².